The molecule has 2 aromatic rings. The number of carbonyl (C=O) groups is 2. The van der Waals surface area contributed by atoms with E-state index in [1.54, 1.807) is 6.92 Å². The van der Waals surface area contributed by atoms with E-state index in [4.69, 9.17) is 0 Å². The second-order valence-electron chi connectivity index (χ2n) is 6.87. The van der Waals surface area contributed by atoms with Crippen LogP contribution in [0, 0.1) is 0 Å². The standard InChI is InChI=1S/C21H22N2O2/c1-15(24)16-6-8-18(9-7-16)22-10-12-23(13-11-22)21(25)20-14-17-4-2-3-5-19(17)20/h2-9,20H,10-14H2,1H3/t20-/m0/s1. The largest absolute Gasteiger partial charge is 0.368 e. The van der Waals surface area contributed by atoms with E-state index in [2.05, 4.69) is 17.0 Å². The fraction of sp³-hybridized carbons (Fsp3) is 0.333. The molecule has 1 amide bonds. The smallest absolute Gasteiger partial charge is 0.230 e. The Balaban J connectivity index is 1.37. The van der Waals surface area contributed by atoms with Crippen LogP contribution in [0.2, 0.25) is 0 Å². The molecule has 4 rings (SSSR count). The van der Waals surface area contributed by atoms with Gasteiger partial charge in [0.15, 0.2) is 5.78 Å². The van der Waals surface area contributed by atoms with Crippen LogP contribution in [0.1, 0.15) is 34.3 Å². The zero-order valence-electron chi connectivity index (χ0n) is 14.4. The Bertz CT molecular complexity index is 805. The van der Waals surface area contributed by atoms with Gasteiger partial charge < -0.3 is 9.80 Å². The molecule has 25 heavy (non-hydrogen) atoms. The van der Waals surface area contributed by atoms with Crippen LogP contribution >= 0.6 is 0 Å². The second kappa shape index (κ2) is 6.36. The Morgan fingerprint density at radius 3 is 2.24 bits per heavy atom. The van der Waals surface area contributed by atoms with Crippen LogP contribution < -0.4 is 4.90 Å². The number of hydrogen-bond acceptors (Lipinski definition) is 3. The van der Waals surface area contributed by atoms with Gasteiger partial charge in [0.05, 0.1) is 5.92 Å². The third-order valence-electron chi connectivity index (χ3n) is 5.38. The second-order valence-corrected chi connectivity index (χ2v) is 6.87. The first kappa shape index (κ1) is 15.9. The van der Waals surface area contributed by atoms with Gasteiger partial charge in [-0.15, -0.1) is 0 Å². The maximum absolute atomic E-state index is 12.8. The van der Waals surface area contributed by atoms with Gasteiger partial charge in [-0.25, -0.2) is 0 Å². The Kier molecular flexibility index (Phi) is 4.04. The molecule has 1 heterocycles. The maximum atomic E-state index is 12.8. The average molecular weight is 334 g/mol. The number of hydrogen-bond donors (Lipinski definition) is 0. The lowest BCUT2D eigenvalue weighted by molar-refractivity contribution is -0.133. The Morgan fingerprint density at radius 1 is 0.920 bits per heavy atom. The quantitative estimate of drug-likeness (QED) is 0.811. The molecule has 0 saturated carbocycles. The first-order valence-electron chi connectivity index (χ1n) is 8.86. The summed E-state index contributed by atoms with van der Waals surface area (Å²) in [7, 11) is 0. The number of ketones is 1. The minimum atomic E-state index is 0.0533. The molecule has 128 valence electrons. The van der Waals surface area contributed by atoms with E-state index in [9.17, 15) is 9.59 Å². The molecule has 0 radical (unpaired) electrons. The van der Waals surface area contributed by atoms with Crippen molar-refractivity contribution in [2.24, 2.45) is 0 Å². The summed E-state index contributed by atoms with van der Waals surface area (Å²) >= 11 is 0. The van der Waals surface area contributed by atoms with Gasteiger partial charge in [0.1, 0.15) is 0 Å². The molecule has 0 spiro atoms. The van der Waals surface area contributed by atoms with Crippen molar-refractivity contribution < 1.29 is 9.59 Å². The highest BCUT2D eigenvalue weighted by atomic mass is 16.2. The van der Waals surface area contributed by atoms with E-state index in [0.29, 0.717) is 0 Å². The Morgan fingerprint density at radius 2 is 1.60 bits per heavy atom. The maximum Gasteiger partial charge on any atom is 0.230 e. The van der Waals surface area contributed by atoms with Crippen LogP contribution in [-0.4, -0.2) is 42.8 Å². The Hall–Kier alpha value is -2.62. The van der Waals surface area contributed by atoms with Crippen molar-refractivity contribution in [3.8, 4) is 0 Å². The highest BCUT2D eigenvalue weighted by molar-refractivity contribution is 5.94. The van der Waals surface area contributed by atoms with Gasteiger partial charge in [0.25, 0.3) is 0 Å². The lowest BCUT2D eigenvalue weighted by atomic mass is 9.77. The number of rotatable bonds is 3. The van der Waals surface area contributed by atoms with Gasteiger partial charge >= 0.3 is 0 Å². The first-order valence-corrected chi connectivity index (χ1v) is 8.86. The highest BCUT2D eigenvalue weighted by Crippen LogP contribution is 2.36. The summed E-state index contributed by atoms with van der Waals surface area (Å²) in [5.74, 6) is 0.408. The molecule has 4 nitrogen and oxygen atoms in total. The molecular weight excluding hydrogens is 312 g/mol. The molecule has 1 saturated heterocycles. The lowest BCUT2D eigenvalue weighted by Gasteiger charge is -2.40. The van der Waals surface area contributed by atoms with E-state index >= 15 is 0 Å². The topological polar surface area (TPSA) is 40.6 Å². The van der Waals surface area contributed by atoms with E-state index in [0.717, 1.165) is 43.9 Å². The third-order valence-corrected chi connectivity index (χ3v) is 5.38. The summed E-state index contributed by atoms with van der Waals surface area (Å²) in [5.41, 5.74) is 4.37. The average Bonchev–Trinajstić information content (AvgIpc) is 2.63. The molecule has 1 fully saturated rings. The van der Waals surface area contributed by atoms with Gasteiger partial charge in [-0.05, 0) is 48.7 Å². The van der Waals surface area contributed by atoms with Crippen LogP contribution in [-0.2, 0) is 11.2 Å². The summed E-state index contributed by atoms with van der Waals surface area (Å²) < 4.78 is 0. The van der Waals surface area contributed by atoms with Gasteiger partial charge in [0, 0.05) is 37.4 Å². The van der Waals surface area contributed by atoms with Crippen LogP contribution in [0.5, 0.6) is 0 Å². The van der Waals surface area contributed by atoms with Gasteiger partial charge in [-0.2, -0.15) is 0 Å². The van der Waals surface area contributed by atoms with Crippen molar-refractivity contribution in [1.82, 2.24) is 4.90 Å². The van der Waals surface area contributed by atoms with Crippen molar-refractivity contribution in [3.63, 3.8) is 0 Å². The zero-order chi connectivity index (χ0) is 17.4. The van der Waals surface area contributed by atoms with Crippen molar-refractivity contribution in [1.29, 1.82) is 0 Å². The van der Waals surface area contributed by atoms with Crippen molar-refractivity contribution in [2.45, 2.75) is 19.3 Å². The fourth-order valence-electron chi connectivity index (χ4n) is 3.79. The summed E-state index contributed by atoms with van der Waals surface area (Å²) in [4.78, 5) is 28.4. The number of piperazine rings is 1. The van der Waals surface area contributed by atoms with Crippen molar-refractivity contribution in [2.75, 3.05) is 31.1 Å². The van der Waals surface area contributed by atoms with E-state index in [1.165, 1.54) is 11.1 Å². The molecule has 1 aliphatic carbocycles. The number of benzene rings is 2. The minimum Gasteiger partial charge on any atom is -0.368 e. The minimum absolute atomic E-state index is 0.0533. The fourth-order valence-corrected chi connectivity index (χ4v) is 3.79. The van der Waals surface area contributed by atoms with Gasteiger partial charge in [0.2, 0.25) is 5.91 Å². The summed E-state index contributed by atoms with van der Waals surface area (Å²) in [5, 5.41) is 0. The summed E-state index contributed by atoms with van der Waals surface area (Å²) in [6.45, 7) is 4.76. The van der Waals surface area contributed by atoms with E-state index < -0.39 is 0 Å². The molecule has 0 aromatic heterocycles. The van der Waals surface area contributed by atoms with E-state index in [-0.39, 0.29) is 17.6 Å². The normalized spacial score (nSPS) is 19.2. The third kappa shape index (κ3) is 2.93. The van der Waals surface area contributed by atoms with Crippen LogP contribution in [0.15, 0.2) is 48.5 Å². The molecule has 2 aliphatic rings. The van der Waals surface area contributed by atoms with Crippen LogP contribution in [0.25, 0.3) is 0 Å². The molecule has 1 aliphatic heterocycles. The number of anilines is 1. The first-order chi connectivity index (χ1) is 12.1. The van der Waals surface area contributed by atoms with Crippen LogP contribution in [0.3, 0.4) is 0 Å². The number of amides is 1. The van der Waals surface area contributed by atoms with Gasteiger partial charge in [-0.1, -0.05) is 24.3 Å². The Labute approximate surface area is 148 Å². The molecule has 0 N–H and O–H groups in total. The molecule has 1 atom stereocenters. The molecular formula is C21H22N2O2. The lowest BCUT2D eigenvalue weighted by Crippen LogP contribution is -2.51. The molecule has 4 heteroatoms. The summed E-state index contributed by atoms with van der Waals surface area (Å²) in [6, 6.07) is 16.0. The monoisotopic (exact) mass is 334 g/mol. The van der Waals surface area contributed by atoms with Gasteiger partial charge in [-0.3, -0.25) is 9.59 Å². The SMILES string of the molecule is CC(=O)c1ccc(N2CCN(C(=O)[C@H]3Cc4ccccc43)CC2)cc1. The number of nitrogens with zero attached hydrogens (tertiary/aromatic N) is 2. The van der Waals surface area contributed by atoms with Crippen LogP contribution in [0.4, 0.5) is 5.69 Å². The number of carbonyl (C=O) groups excluding carboxylic acids is 2. The van der Waals surface area contributed by atoms with Crippen molar-refractivity contribution >= 4 is 17.4 Å². The number of fused-ring (bicyclic) bond motifs is 1. The zero-order valence-corrected chi connectivity index (χ0v) is 14.4. The number of Topliss-reactive ketones (excluding diaryl/α,β-unsaturated/α-hetero) is 1. The molecule has 0 bridgehead atoms. The molecule has 0 unspecified atom stereocenters. The summed E-state index contributed by atoms with van der Waals surface area (Å²) in [6.07, 6.45) is 0.877. The predicted octanol–water partition coefficient (Wildman–Crippen LogP) is 2.88. The molecule has 2 aromatic carbocycles. The van der Waals surface area contributed by atoms with E-state index in [1.807, 2.05) is 41.3 Å². The predicted molar refractivity (Wildman–Crippen MR) is 98.1 cm³/mol. The van der Waals surface area contributed by atoms with Crippen molar-refractivity contribution in [3.05, 3.63) is 65.2 Å². The highest BCUT2D eigenvalue weighted by Gasteiger charge is 2.35.